The average Bonchev–Trinajstić information content (AvgIpc) is 2.28. The van der Waals surface area contributed by atoms with Crippen molar-refractivity contribution in [3.63, 3.8) is 0 Å². The summed E-state index contributed by atoms with van der Waals surface area (Å²) >= 11 is 5.64. The predicted octanol–water partition coefficient (Wildman–Crippen LogP) is 3.96. The first-order chi connectivity index (χ1) is 7.98. The van der Waals surface area contributed by atoms with E-state index in [1.807, 2.05) is 0 Å². The molecule has 17 heavy (non-hydrogen) atoms. The van der Waals surface area contributed by atoms with Crippen molar-refractivity contribution in [2.75, 3.05) is 0 Å². The van der Waals surface area contributed by atoms with Gasteiger partial charge in [0.05, 0.1) is 10.6 Å². The quantitative estimate of drug-likeness (QED) is 0.849. The number of hydrogen-bond donors (Lipinski definition) is 1. The number of aliphatic hydroxyl groups is 1. The Morgan fingerprint density at radius 3 is 2.65 bits per heavy atom. The van der Waals surface area contributed by atoms with E-state index in [1.54, 1.807) is 12.1 Å². The second-order valence-electron chi connectivity index (χ2n) is 5.33. The first kappa shape index (κ1) is 12.8. The third-order valence-electron chi connectivity index (χ3n) is 3.72. The topological polar surface area (TPSA) is 20.2 Å². The molecule has 1 aliphatic rings. The van der Waals surface area contributed by atoms with Gasteiger partial charge in [-0.3, -0.25) is 0 Å². The lowest BCUT2D eigenvalue weighted by Crippen LogP contribution is -2.35. The molecule has 0 bridgehead atoms. The molecule has 1 aromatic rings. The molecular weight excluding hydrogens is 239 g/mol. The first-order valence-corrected chi connectivity index (χ1v) is 6.53. The van der Waals surface area contributed by atoms with Crippen LogP contribution >= 0.6 is 11.6 Å². The Morgan fingerprint density at radius 2 is 2.06 bits per heavy atom. The van der Waals surface area contributed by atoms with E-state index < -0.39 is 11.4 Å². The van der Waals surface area contributed by atoms with Crippen molar-refractivity contribution in [3.8, 4) is 0 Å². The Kier molecular flexibility index (Phi) is 3.74. The summed E-state index contributed by atoms with van der Waals surface area (Å²) < 4.78 is 13.3. The van der Waals surface area contributed by atoms with E-state index >= 15 is 0 Å². The molecule has 0 unspecified atom stereocenters. The van der Waals surface area contributed by atoms with Crippen LogP contribution < -0.4 is 0 Å². The van der Waals surface area contributed by atoms with Gasteiger partial charge in [-0.25, -0.2) is 4.39 Å². The number of benzene rings is 1. The first-order valence-electron chi connectivity index (χ1n) is 6.15. The van der Waals surface area contributed by atoms with Crippen molar-refractivity contribution >= 4 is 11.6 Å². The van der Waals surface area contributed by atoms with E-state index in [2.05, 4.69) is 6.92 Å². The number of halogens is 2. The highest BCUT2D eigenvalue weighted by atomic mass is 35.5. The van der Waals surface area contributed by atoms with Crippen LogP contribution in [0.15, 0.2) is 18.2 Å². The summed E-state index contributed by atoms with van der Waals surface area (Å²) in [5.41, 5.74) is 0.163. The van der Waals surface area contributed by atoms with Crippen LogP contribution in [0.4, 0.5) is 4.39 Å². The highest BCUT2D eigenvalue weighted by molar-refractivity contribution is 6.30. The smallest absolute Gasteiger partial charge is 0.142 e. The summed E-state index contributed by atoms with van der Waals surface area (Å²) in [4.78, 5) is 0. The van der Waals surface area contributed by atoms with E-state index in [1.165, 1.54) is 6.07 Å². The maximum absolute atomic E-state index is 13.3. The molecule has 1 saturated carbocycles. The van der Waals surface area contributed by atoms with Gasteiger partial charge in [0, 0.05) is 6.42 Å². The van der Waals surface area contributed by atoms with Crippen LogP contribution in [0.25, 0.3) is 0 Å². The Hall–Kier alpha value is -0.600. The van der Waals surface area contributed by atoms with Gasteiger partial charge in [0.2, 0.25) is 0 Å². The standard InChI is InChI=1S/C14H18ClFO/c1-10-4-6-14(17,7-5-10)9-11-2-3-12(15)13(16)8-11/h2-3,8,10,17H,4-7,9H2,1H3. The van der Waals surface area contributed by atoms with Gasteiger partial charge in [-0.05, 0) is 49.3 Å². The second kappa shape index (κ2) is 4.95. The molecule has 0 saturated heterocycles. The zero-order valence-electron chi connectivity index (χ0n) is 10.0. The van der Waals surface area contributed by atoms with Gasteiger partial charge in [-0.1, -0.05) is 24.6 Å². The van der Waals surface area contributed by atoms with Gasteiger partial charge in [-0.2, -0.15) is 0 Å². The monoisotopic (exact) mass is 256 g/mol. The van der Waals surface area contributed by atoms with Crippen LogP contribution in [-0.4, -0.2) is 10.7 Å². The number of rotatable bonds is 2. The Balaban J connectivity index is 2.07. The minimum Gasteiger partial charge on any atom is -0.390 e. The van der Waals surface area contributed by atoms with Crippen molar-refractivity contribution in [3.05, 3.63) is 34.6 Å². The molecule has 0 atom stereocenters. The molecule has 1 fully saturated rings. The predicted molar refractivity (Wildman–Crippen MR) is 67.7 cm³/mol. The normalized spacial score (nSPS) is 29.3. The fourth-order valence-electron chi connectivity index (χ4n) is 2.51. The van der Waals surface area contributed by atoms with E-state index in [0.717, 1.165) is 31.2 Å². The molecule has 94 valence electrons. The molecule has 0 spiro atoms. The molecule has 1 N–H and O–H groups in total. The lowest BCUT2D eigenvalue weighted by atomic mass is 9.76. The van der Waals surface area contributed by atoms with E-state index in [0.29, 0.717) is 12.3 Å². The molecule has 0 heterocycles. The van der Waals surface area contributed by atoms with Gasteiger partial charge in [0.1, 0.15) is 5.82 Å². The van der Waals surface area contributed by atoms with E-state index in [9.17, 15) is 9.50 Å². The van der Waals surface area contributed by atoms with Crippen LogP contribution in [0.1, 0.15) is 38.2 Å². The molecule has 0 aromatic heterocycles. The maximum Gasteiger partial charge on any atom is 0.142 e. The summed E-state index contributed by atoms with van der Waals surface area (Å²) in [5.74, 6) is 0.286. The van der Waals surface area contributed by atoms with Crippen molar-refractivity contribution in [2.45, 2.75) is 44.6 Å². The molecular formula is C14H18ClFO. The van der Waals surface area contributed by atoms with Crippen LogP contribution in [-0.2, 0) is 6.42 Å². The minimum atomic E-state index is -0.660. The van der Waals surface area contributed by atoms with Crippen LogP contribution in [0, 0.1) is 11.7 Å². The molecule has 1 aromatic carbocycles. The van der Waals surface area contributed by atoms with Gasteiger partial charge in [0.25, 0.3) is 0 Å². The van der Waals surface area contributed by atoms with Crippen molar-refractivity contribution < 1.29 is 9.50 Å². The Morgan fingerprint density at radius 1 is 1.41 bits per heavy atom. The molecule has 1 nitrogen and oxygen atoms in total. The van der Waals surface area contributed by atoms with Crippen molar-refractivity contribution in [1.82, 2.24) is 0 Å². The summed E-state index contributed by atoms with van der Waals surface area (Å²) in [5, 5.41) is 10.6. The molecule has 0 radical (unpaired) electrons. The van der Waals surface area contributed by atoms with E-state index in [4.69, 9.17) is 11.6 Å². The number of hydrogen-bond acceptors (Lipinski definition) is 1. The summed E-state index contributed by atoms with van der Waals surface area (Å²) in [6, 6.07) is 4.78. The van der Waals surface area contributed by atoms with Crippen molar-refractivity contribution in [1.29, 1.82) is 0 Å². The van der Waals surface area contributed by atoms with Gasteiger partial charge in [-0.15, -0.1) is 0 Å². The Labute approximate surface area is 107 Å². The van der Waals surface area contributed by atoms with E-state index in [-0.39, 0.29) is 5.02 Å². The SMILES string of the molecule is CC1CCC(O)(Cc2ccc(Cl)c(F)c2)CC1. The zero-order chi connectivity index (χ0) is 12.5. The largest absolute Gasteiger partial charge is 0.390 e. The van der Waals surface area contributed by atoms with Crippen LogP contribution in [0.2, 0.25) is 5.02 Å². The summed E-state index contributed by atoms with van der Waals surface area (Å²) in [7, 11) is 0. The Bertz CT molecular complexity index is 397. The van der Waals surface area contributed by atoms with Crippen molar-refractivity contribution in [2.24, 2.45) is 5.92 Å². The highest BCUT2D eigenvalue weighted by Gasteiger charge is 2.31. The molecule has 0 amide bonds. The third kappa shape index (κ3) is 3.20. The maximum atomic E-state index is 13.3. The average molecular weight is 257 g/mol. The highest BCUT2D eigenvalue weighted by Crippen LogP contribution is 2.34. The van der Waals surface area contributed by atoms with Gasteiger partial charge >= 0.3 is 0 Å². The van der Waals surface area contributed by atoms with Gasteiger partial charge < -0.3 is 5.11 Å². The minimum absolute atomic E-state index is 0.137. The zero-order valence-corrected chi connectivity index (χ0v) is 10.8. The van der Waals surface area contributed by atoms with Crippen LogP contribution in [0.3, 0.4) is 0 Å². The second-order valence-corrected chi connectivity index (χ2v) is 5.74. The molecule has 0 aliphatic heterocycles. The van der Waals surface area contributed by atoms with Crippen LogP contribution in [0.5, 0.6) is 0 Å². The summed E-state index contributed by atoms with van der Waals surface area (Å²) in [6.45, 7) is 2.21. The fourth-order valence-corrected chi connectivity index (χ4v) is 2.62. The third-order valence-corrected chi connectivity index (χ3v) is 4.03. The molecule has 1 aliphatic carbocycles. The lowest BCUT2D eigenvalue weighted by Gasteiger charge is -2.35. The fraction of sp³-hybridized carbons (Fsp3) is 0.571. The molecule has 2 rings (SSSR count). The van der Waals surface area contributed by atoms with Gasteiger partial charge in [0.15, 0.2) is 0 Å². The lowest BCUT2D eigenvalue weighted by molar-refractivity contribution is -0.00671. The summed E-state index contributed by atoms with van der Waals surface area (Å²) in [6.07, 6.45) is 4.23. The molecule has 3 heteroatoms.